The summed E-state index contributed by atoms with van der Waals surface area (Å²) >= 11 is 0. The van der Waals surface area contributed by atoms with Crippen molar-refractivity contribution in [3.8, 4) is 0 Å². The fourth-order valence-corrected chi connectivity index (χ4v) is 2.29. The Labute approximate surface area is 126 Å². The van der Waals surface area contributed by atoms with Crippen molar-refractivity contribution >= 4 is 16.9 Å². The Hall–Kier alpha value is -2.66. The maximum atomic E-state index is 13.3. The van der Waals surface area contributed by atoms with Gasteiger partial charge in [-0.05, 0) is 23.8 Å². The molecule has 4 nitrogen and oxygen atoms in total. The second-order valence-electron chi connectivity index (χ2n) is 4.91. The van der Waals surface area contributed by atoms with Crippen LogP contribution < -0.4 is 5.32 Å². The van der Waals surface area contributed by atoms with Crippen molar-refractivity contribution in [2.24, 2.45) is 0 Å². The Balaban J connectivity index is 1.75. The molecule has 1 heterocycles. The number of benzene rings is 2. The maximum absolute atomic E-state index is 13.3. The fraction of sp³-hybridized carbons (Fsp3) is 0.118. The summed E-state index contributed by atoms with van der Waals surface area (Å²) in [6.45, 7) is -0.133. The van der Waals surface area contributed by atoms with Crippen molar-refractivity contribution in [1.82, 2.24) is 5.32 Å². The van der Waals surface area contributed by atoms with Crippen molar-refractivity contribution < 1.29 is 18.7 Å². The number of hydrogen-bond donors (Lipinski definition) is 2. The molecule has 22 heavy (non-hydrogen) atoms. The van der Waals surface area contributed by atoms with E-state index in [0.29, 0.717) is 16.7 Å². The van der Waals surface area contributed by atoms with Gasteiger partial charge in [0.05, 0.1) is 12.2 Å². The molecule has 0 aliphatic heterocycles. The van der Waals surface area contributed by atoms with Gasteiger partial charge in [0, 0.05) is 17.5 Å². The van der Waals surface area contributed by atoms with Gasteiger partial charge in [0.25, 0.3) is 5.91 Å². The van der Waals surface area contributed by atoms with E-state index in [2.05, 4.69) is 5.32 Å². The molecule has 3 aromatic rings. The van der Waals surface area contributed by atoms with Gasteiger partial charge in [0.1, 0.15) is 17.7 Å². The fourth-order valence-electron chi connectivity index (χ4n) is 2.29. The van der Waals surface area contributed by atoms with E-state index >= 15 is 0 Å². The number of amides is 1. The van der Waals surface area contributed by atoms with Crippen molar-refractivity contribution in [3.63, 3.8) is 0 Å². The molecule has 0 saturated carbocycles. The Morgan fingerprint density at radius 1 is 1.23 bits per heavy atom. The molecule has 2 aromatic carbocycles. The van der Waals surface area contributed by atoms with Gasteiger partial charge in [0.2, 0.25) is 0 Å². The van der Waals surface area contributed by atoms with Crippen molar-refractivity contribution in [2.45, 2.75) is 13.2 Å². The van der Waals surface area contributed by atoms with E-state index < -0.39 is 5.82 Å². The van der Waals surface area contributed by atoms with E-state index in [9.17, 15) is 9.18 Å². The second kappa shape index (κ2) is 5.99. The zero-order chi connectivity index (χ0) is 15.5. The monoisotopic (exact) mass is 299 g/mol. The van der Waals surface area contributed by atoms with Crippen LogP contribution in [0.15, 0.2) is 53.1 Å². The van der Waals surface area contributed by atoms with Gasteiger partial charge in [0.15, 0.2) is 0 Å². The lowest BCUT2D eigenvalue weighted by atomic mass is 10.1. The van der Waals surface area contributed by atoms with Crippen LogP contribution in [-0.2, 0) is 13.2 Å². The van der Waals surface area contributed by atoms with Crippen molar-refractivity contribution in [3.05, 3.63) is 71.2 Å². The van der Waals surface area contributed by atoms with E-state index in [0.717, 1.165) is 5.39 Å². The zero-order valence-corrected chi connectivity index (χ0v) is 11.7. The minimum Gasteiger partial charge on any atom is -0.463 e. The first kappa shape index (κ1) is 14.3. The third-order valence-corrected chi connectivity index (χ3v) is 3.46. The molecule has 0 aliphatic rings. The van der Waals surface area contributed by atoms with Crippen LogP contribution in [-0.4, -0.2) is 11.0 Å². The molecule has 1 amide bonds. The summed E-state index contributed by atoms with van der Waals surface area (Å²) in [6.07, 6.45) is 1.42. The van der Waals surface area contributed by atoms with E-state index in [-0.39, 0.29) is 24.6 Å². The molecule has 2 N–H and O–H groups in total. The average molecular weight is 299 g/mol. The molecule has 0 bridgehead atoms. The van der Waals surface area contributed by atoms with Gasteiger partial charge >= 0.3 is 0 Å². The Bertz CT molecular complexity index is 826. The molecule has 0 atom stereocenters. The van der Waals surface area contributed by atoms with E-state index in [1.807, 2.05) is 18.2 Å². The number of hydrogen-bond acceptors (Lipinski definition) is 3. The number of carbonyl (C=O) groups excluding carboxylic acids is 1. The first-order chi connectivity index (χ1) is 10.7. The number of aliphatic hydroxyl groups is 1. The Morgan fingerprint density at radius 3 is 2.86 bits per heavy atom. The summed E-state index contributed by atoms with van der Waals surface area (Å²) in [5.41, 5.74) is 2.03. The summed E-state index contributed by atoms with van der Waals surface area (Å²) < 4.78 is 18.6. The third kappa shape index (κ3) is 2.71. The van der Waals surface area contributed by atoms with Crippen molar-refractivity contribution in [2.75, 3.05) is 0 Å². The summed E-state index contributed by atoms with van der Waals surface area (Å²) in [7, 11) is 0. The Kier molecular flexibility index (Phi) is 3.89. The van der Waals surface area contributed by atoms with Crippen LogP contribution in [0.4, 0.5) is 4.39 Å². The molecule has 0 aliphatic carbocycles. The van der Waals surface area contributed by atoms with E-state index in [1.54, 1.807) is 12.1 Å². The van der Waals surface area contributed by atoms with Crippen LogP contribution in [0.5, 0.6) is 0 Å². The largest absolute Gasteiger partial charge is 0.463 e. The lowest BCUT2D eigenvalue weighted by molar-refractivity contribution is 0.0951. The molecule has 0 fully saturated rings. The third-order valence-electron chi connectivity index (χ3n) is 3.46. The first-order valence-corrected chi connectivity index (χ1v) is 6.81. The summed E-state index contributed by atoms with van der Waals surface area (Å²) in [6, 6.07) is 11.7. The lowest BCUT2D eigenvalue weighted by Gasteiger charge is -2.06. The number of furan rings is 1. The smallest absolute Gasteiger partial charge is 0.255 e. The minimum absolute atomic E-state index is 0.209. The zero-order valence-electron chi connectivity index (χ0n) is 11.7. The summed E-state index contributed by atoms with van der Waals surface area (Å²) in [4.78, 5) is 12.2. The summed E-state index contributed by atoms with van der Waals surface area (Å²) in [5, 5.41) is 12.6. The SMILES string of the molecule is O=C(NCc1ccc(F)c(CO)c1)c1coc2ccccc12. The van der Waals surface area contributed by atoms with Gasteiger partial charge in [-0.25, -0.2) is 4.39 Å². The molecule has 112 valence electrons. The first-order valence-electron chi connectivity index (χ1n) is 6.81. The molecular formula is C17H14FNO3. The maximum Gasteiger partial charge on any atom is 0.255 e. The number of fused-ring (bicyclic) bond motifs is 1. The number of rotatable bonds is 4. The van der Waals surface area contributed by atoms with Gasteiger partial charge in [-0.3, -0.25) is 4.79 Å². The van der Waals surface area contributed by atoms with Gasteiger partial charge in [-0.15, -0.1) is 0 Å². The highest BCUT2D eigenvalue weighted by Gasteiger charge is 2.13. The number of aliphatic hydroxyl groups excluding tert-OH is 1. The quantitative estimate of drug-likeness (QED) is 0.778. The molecule has 0 saturated heterocycles. The van der Waals surface area contributed by atoms with E-state index in [4.69, 9.17) is 9.52 Å². The Morgan fingerprint density at radius 2 is 2.05 bits per heavy atom. The number of halogens is 1. The number of para-hydroxylation sites is 1. The topological polar surface area (TPSA) is 62.5 Å². The minimum atomic E-state index is -0.460. The van der Waals surface area contributed by atoms with Gasteiger partial charge in [-0.1, -0.05) is 24.3 Å². The predicted octanol–water partition coefficient (Wildman–Crippen LogP) is 2.99. The average Bonchev–Trinajstić information content (AvgIpc) is 2.98. The van der Waals surface area contributed by atoms with Crippen LogP contribution in [0, 0.1) is 5.82 Å². The number of carbonyl (C=O) groups is 1. The van der Waals surface area contributed by atoms with E-state index in [1.165, 1.54) is 18.4 Å². The molecule has 0 unspecified atom stereocenters. The normalized spacial score (nSPS) is 10.8. The van der Waals surface area contributed by atoms with Crippen LogP contribution in [0.1, 0.15) is 21.5 Å². The second-order valence-corrected chi connectivity index (χ2v) is 4.91. The number of nitrogens with one attached hydrogen (secondary N) is 1. The van der Waals surface area contributed by atoms with Gasteiger partial charge in [-0.2, -0.15) is 0 Å². The predicted molar refractivity (Wildman–Crippen MR) is 79.7 cm³/mol. The highest BCUT2D eigenvalue weighted by molar-refractivity contribution is 6.05. The molecule has 5 heteroatoms. The van der Waals surface area contributed by atoms with Crippen molar-refractivity contribution in [1.29, 1.82) is 0 Å². The highest BCUT2D eigenvalue weighted by Crippen LogP contribution is 2.20. The standard InChI is InChI=1S/C17H14FNO3/c18-15-6-5-11(7-12(15)9-20)8-19-17(21)14-10-22-16-4-2-1-3-13(14)16/h1-7,10,20H,8-9H2,(H,19,21). The van der Waals surface area contributed by atoms with Gasteiger partial charge < -0.3 is 14.8 Å². The lowest BCUT2D eigenvalue weighted by Crippen LogP contribution is -2.22. The molecule has 1 aromatic heterocycles. The van der Waals surface area contributed by atoms with Crippen LogP contribution in [0.25, 0.3) is 11.0 Å². The molecular weight excluding hydrogens is 285 g/mol. The van der Waals surface area contributed by atoms with Crippen LogP contribution in [0.2, 0.25) is 0 Å². The molecule has 0 spiro atoms. The van der Waals surface area contributed by atoms with Crippen LogP contribution >= 0.6 is 0 Å². The highest BCUT2D eigenvalue weighted by atomic mass is 19.1. The molecule has 0 radical (unpaired) electrons. The van der Waals surface area contributed by atoms with Crippen LogP contribution in [0.3, 0.4) is 0 Å². The molecule has 3 rings (SSSR count). The summed E-state index contributed by atoms with van der Waals surface area (Å²) in [5.74, 6) is -0.724.